The molecule has 2 amide bonds. The summed E-state index contributed by atoms with van der Waals surface area (Å²) < 4.78 is 0. The van der Waals surface area contributed by atoms with Gasteiger partial charge in [0, 0.05) is 45.3 Å². The van der Waals surface area contributed by atoms with E-state index in [1.165, 1.54) is 31.4 Å². The fourth-order valence-corrected chi connectivity index (χ4v) is 3.88. The third kappa shape index (κ3) is 5.44. The molecule has 138 valence electrons. The summed E-state index contributed by atoms with van der Waals surface area (Å²) in [4.78, 5) is 19.1. The van der Waals surface area contributed by atoms with Crippen LogP contribution in [0.3, 0.4) is 0 Å². The van der Waals surface area contributed by atoms with Gasteiger partial charge in [-0.3, -0.25) is 4.90 Å². The molecule has 25 heavy (non-hydrogen) atoms. The third-order valence-electron chi connectivity index (χ3n) is 5.52. The van der Waals surface area contributed by atoms with Crippen LogP contribution in [-0.2, 0) is 6.54 Å². The van der Waals surface area contributed by atoms with E-state index in [1.807, 2.05) is 4.90 Å². The number of urea groups is 1. The van der Waals surface area contributed by atoms with Crippen molar-refractivity contribution < 1.29 is 4.79 Å². The summed E-state index contributed by atoms with van der Waals surface area (Å²) in [6.07, 6.45) is 4.89. The third-order valence-corrected chi connectivity index (χ3v) is 5.52. The minimum Gasteiger partial charge on any atom is -0.338 e. The Hall–Kier alpha value is -1.59. The lowest BCUT2D eigenvalue weighted by Crippen LogP contribution is -2.51. The number of carbonyl (C=O) groups is 1. The zero-order valence-electron chi connectivity index (χ0n) is 15.5. The molecule has 0 aromatic heterocycles. The number of carbonyl (C=O) groups excluding carboxylic acids is 1. The standard InChI is InChI=1S/C20H32N4O/c1-22-13-15-23(16-14-22)20(25)21-11-10-19-9-5-6-12-24(19)17-18-7-3-2-4-8-18/h2-4,7-8,19H,5-6,9-17H2,1H3,(H,21,25). The molecule has 3 rings (SSSR count). The van der Waals surface area contributed by atoms with Gasteiger partial charge in [0.2, 0.25) is 0 Å². The Morgan fingerprint density at radius 2 is 1.84 bits per heavy atom. The van der Waals surface area contributed by atoms with Crippen molar-refractivity contribution in [2.75, 3.05) is 46.3 Å². The number of hydrogen-bond acceptors (Lipinski definition) is 3. The predicted molar refractivity (Wildman–Crippen MR) is 102 cm³/mol. The van der Waals surface area contributed by atoms with Gasteiger partial charge in [0.15, 0.2) is 0 Å². The van der Waals surface area contributed by atoms with Gasteiger partial charge in [-0.1, -0.05) is 36.8 Å². The summed E-state index contributed by atoms with van der Waals surface area (Å²) in [7, 11) is 2.11. The lowest BCUT2D eigenvalue weighted by molar-refractivity contribution is 0.129. The highest BCUT2D eigenvalue weighted by molar-refractivity contribution is 5.74. The average Bonchev–Trinajstić information content (AvgIpc) is 2.64. The number of hydrogen-bond donors (Lipinski definition) is 1. The summed E-state index contributed by atoms with van der Waals surface area (Å²) in [5, 5.41) is 3.14. The zero-order valence-corrected chi connectivity index (χ0v) is 15.5. The van der Waals surface area contributed by atoms with Crippen LogP contribution in [0.1, 0.15) is 31.2 Å². The van der Waals surface area contributed by atoms with E-state index in [2.05, 4.69) is 52.5 Å². The van der Waals surface area contributed by atoms with Gasteiger partial charge >= 0.3 is 6.03 Å². The Morgan fingerprint density at radius 3 is 2.60 bits per heavy atom. The number of nitrogens with one attached hydrogen (secondary N) is 1. The van der Waals surface area contributed by atoms with Crippen LogP contribution in [0, 0.1) is 0 Å². The first-order valence-corrected chi connectivity index (χ1v) is 9.71. The molecular weight excluding hydrogens is 312 g/mol. The van der Waals surface area contributed by atoms with Crippen molar-refractivity contribution in [3.8, 4) is 0 Å². The van der Waals surface area contributed by atoms with Crippen molar-refractivity contribution in [3.63, 3.8) is 0 Å². The maximum absolute atomic E-state index is 12.3. The van der Waals surface area contributed by atoms with Crippen LogP contribution in [0.5, 0.6) is 0 Å². The maximum Gasteiger partial charge on any atom is 0.317 e. The molecule has 1 aromatic carbocycles. The van der Waals surface area contributed by atoms with E-state index >= 15 is 0 Å². The van der Waals surface area contributed by atoms with Crippen LogP contribution < -0.4 is 5.32 Å². The first kappa shape index (κ1) is 18.2. The lowest BCUT2D eigenvalue weighted by Gasteiger charge is -2.36. The number of piperidine rings is 1. The Labute approximate surface area is 152 Å². The van der Waals surface area contributed by atoms with Crippen LogP contribution in [-0.4, -0.2) is 73.1 Å². The molecule has 1 atom stereocenters. The van der Waals surface area contributed by atoms with Crippen molar-refractivity contribution in [1.29, 1.82) is 0 Å². The van der Waals surface area contributed by atoms with Gasteiger partial charge in [0.1, 0.15) is 0 Å². The topological polar surface area (TPSA) is 38.8 Å². The van der Waals surface area contributed by atoms with Crippen LogP contribution in [0.4, 0.5) is 4.79 Å². The smallest absolute Gasteiger partial charge is 0.317 e. The normalized spacial score (nSPS) is 22.8. The summed E-state index contributed by atoms with van der Waals surface area (Å²) in [5.74, 6) is 0. The summed E-state index contributed by atoms with van der Waals surface area (Å²) in [5.41, 5.74) is 1.39. The van der Waals surface area contributed by atoms with Crippen LogP contribution in [0.15, 0.2) is 30.3 Å². The molecule has 2 aliphatic heterocycles. The molecule has 2 heterocycles. The number of likely N-dealkylation sites (tertiary alicyclic amines) is 1. The van der Waals surface area contributed by atoms with Crippen LogP contribution in [0.25, 0.3) is 0 Å². The van der Waals surface area contributed by atoms with Crippen molar-refractivity contribution >= 4 is 6.03 Å². The average molecular weight is 345 g/mol. The van der Waals surface area contributed by atoms with Gasteiger partial charge in [0.25, 0.3) is 0 Å². The van der Waals surface area contributed by atoms with Crippen LogP contribution >= 0.6 is 0 Å². The Bertz CT molecular complexity index is 528. The SMILES string of the molecule is CN1CCN(C(=O)NCCC2CCCCN2Cc2ccccc2)CC1. The molecule has 0 bridgehead atoms. The van der Waals surface area contributed by atoms with E-state index in [-0.39, 0.29) is 6.03 Å². The van der Waals surface area contributed by atoms with Gasteiger partial charge in [-0.05, 0) is 38.4 Å². The van der Waals surface area contributed by atoms with Gasteiger partial charge in [-0.25, -0.2) is 4.79 Å². The molecule has 2 fully saturated rings. The number of benzene rings is 1. The second-order valence-electron chi connectivity index (χ2n) is 7.42. The summed E-state index contributed by atoms with van der Waals surface area (Å²) in [6, 6.07) is 11.4. The molecule has 5 heteroatoms. The molecule has 0 radical (unpaired) electrons. The van der Waals surface area contributed by atoms with E-state index in [0.29, 0.717) is 6.04 Å². The maximum atomic E-state index is 12.3. The lowest BCUT2D eigenvalue weighted by atomic mass is 9.98. The predicted octanol–water partition coefficient (Wildman–Crippen LogP) is 2.39. The molecule has 2 saturated heterocycles. The Morgan fingerprint density at radius 1 is 1.08 bits per heavy atom. The van der Waals surface area contributed by atoms with Gasteiger partial charge < -0.3 is 15.1 Å². The minimum absolute atomic E-state index is 0.110. The molecule has 1 aromatic rings. The Balaban J connectivity index is 1.43. The fourth-order valence-electron chi connectivity index (χ4n) is 3.88. The molecular formula is C20H32N4O. The van der Waals surface area contributed by atoms with Gasteiger partial charge in [-0.2, -0.15) is 0 Å². The monoisotopic (exact) mass is 344 g/mol. The van der Waals surface area contributed by atoms with Gasteiger partial charge in [-0.15, -0.1) is 0 Å². The number of piperazine rings is 1. The molecule has 0 spiro atoms. The molecule has 2 aliphatic rings. The van der Waals surface area contributed by atoms with Crippen molar-refractivity contribution in [1.82, 2.24) is 20.0 Å². The minimum atomic E-state index is 0.110. The first-order chi connectivity index (χ1) is 12.2. The molecule has 1 unspecified atom stereocenters. The van der Waals surface area contributed by atoms with E-state index in [4.69, 9.17) is 0 Å². The quantitative estimate of drug-likeness (QED) is 0.891. The Kier molecular flexibility index (Phi) is 6.70. The number of amides is 2. The number of likely N-dealkylation sites (N-methyl/N-ethyl adjacent to an activating group) is 1. The van der Waals surface area contributed by atoms with E-state index < -0.39 is 0 Å². The summed E-state index contributed by atoms with van der Waals surface area (Å²) >= 11 is 0. The largest absolute Gasteiger partial charge is 0.338 e. The van der Waals surface area contributed by atoms with E-state index in [9.17, 15) is 4.79 Å². The molecule has 0 saturated carbocycles. The number of rotatable bonds is 5. The van der Waals surface area contributed by atoms with E-state index in [1.54, 1.807) is 0 Å². The number of nitrogens with zero attached hydrogens (tertiary/aromatic N) is 3. The zero-order chi connectivity index (χ0) is 17.5. The van der Waals surface area contributed by atoms with Crippen molar-refractivity contribution in [2.24, 2.45) is 0 Å². The van der Waals surface area contributed by atoms with Crippen molar-refractivity contribution in [3.05, 3.63) is 35.9 Å². The highest BCUT2D eigenvalue weighted by atomic mass is 16.2. The second-order valence-corrected chi connectivity index (χ2v) is 7.42. The van der Waals surface area contributed by atoms with Crippen LogP contribution in [0.2, 0.25) is 0 Å². The summed E-state index contributed by atoms with van der Waals surface area (Å²) in [6.45, 7) is 6.60. The van der Waals surface area contributed by atoms with Crippen molar-refractivity contribution in [2.45, 2.75) is 38.3 Å². The highest BCUT2D eigenvalue weighted by Crippen LogP contribution is 2.21. The molecule has 1 N–H and O–H groups in total. The fraction of sp³-hybridized carbons (Fsp3) is 0.650. The molecule has 0 aliphatic carbocycles. The van der Waals surface area contributed by atoms with Gasteiger partial charge in [0.05, 0.1) is 0 Å². The first-order valence-electron chi connectivity index (χ1n) is 9.71. The van der Waals surface area contributed by atoms with E-state index in [0.717, 1.165) is 45.7 Å². The molecule has 5 nitrogen and oxygen atoms in total. The highest BCUT2D eigenvalue weighted by Gasteiger charge is 2.23. The second kappa shape index (κ2) is 9.20.